The summed E-state index contributed by atoms with van der Waals surface area (Å²) in [5.74, 6) is 0.604. The van der Waals surface area contributed by atoms with Crippen LogP contribution in [0.15, 0.2) is 65.0 Å². The first-order valence-electron chi connectivity index (χ1n) is 11.1. The van der Waals surface area contributed by atoms with Crippen molar-refractivity contribution in [1.29, 1.82) is 0 Å². The maximum Gasteiger partial charge on any atom is 0.265 e. The minimum atomic E-state index is -0.103. The lowest BCUT2D eigenvalue weighted by atomic mass is 9.97. The summed E-state index contributed by atoms with van der Waals surface area (Å²) in [6, 6.07) is 15.2. The highest BCUT2D eigenvalue weighted by atomic mass is 16.1. The molecule has 1 heterocycles. The highest BCUT2D eigenvalue weighted by molar-refractivity contribution is 5.78. The Kier molecular flexibility index (Phi) is 6.60. The van der Waals surface area contributed by atoms with Crippen LogP contribution in [0.3, 0.4) is 0 Å². The fraction of sp³-hybridized carbons (Fsp3) is 0.346. The third-order valence-electron chi connectivity index (χ3n) is 5.87. The Balaban J connectivity index is 1.51. The summed E-state index contributed by atoms with van der Waals surface area (Å²) in [5.41, 5.74) is 3.91. The molecule has 1 N–H and O–H groups in total. The largest absolute Gasteiger partial charge is 0.356 e. The number of rotatable bonds is 7. The molecule has 1 aliphatic rings. The van der Waals surface area contributed by atoms with E-state index in [4.69, 9.17) is 4.98 Å². The minimum absolute atomic E-state index is 0.00530. The van der Waals surface area contributed by atoms with E-state index in [1.807, 2.05) is 49.4 Å². The average Bonchev–Trinajstić information content (AvgIpc) is 2.79. The molecular formula is C26H29N3O2. The van der Waals surface area contributed by atoms with Crippen molar-refractivity contribution in [3.05, 3.63) is 81.9 Å². The van der Waals surface area contributed by atoms with Crippen LogP contribution in [0.25, 0.3) is 16.6 Å². The van der Waals surface area contributed by atoms with Crippen LogP contribution in [0.1, 0.15) is 49.9 Å². The summed E-state index contributed by atoms with van der Waals surface area (Å²) in [4.78, 5) is 30.4. The van der Waals surface area contributed by atoms with E-state index in [0.717, 1.165) is 30.5 Å². The van der Waals surface area contributed by atoms with Crippen molar-refractivity contribution in [3.63, 3.8) is 0 Å². The Morgan fingerprint density at radius 1 is 1.06 bits per heavy atom. The molecule has 0 aliphatic heterocycles. The second-order valence-corrected chi connectivity index (χ2v) is 8.23. The van der Waals surface area contributed by atoms with Gasteiger partial charge in [-0.05, 0) is 63.3 Å². The lowest BCUT2D eigenvalue weighted by Crippen LogP contribution is -2.28. The predicted octanol–water partition coefficient (Wildman–Crippen LogP) is 4.63. The summed E-state index contributed by atoms with van der Waals surface area (Å²) in [6.45, 7) is 2.68. The SMILES string of the molecule is Cc1ccc(-n2c(CCC(=O)NCCC3=CCCCC3)nc3ccccc3c2=O)cc1. The third kappa shape index (κ3) is 5.10. The number of amides is 1. The second-order valence-electron chi connectivity index (χ2n) is 8.23. The van der Waals surface area contributed by atoms with Gasteiger partial charge in [0.2, 0.25) is 5.91 Å². The smallest absolute Gasteiger partial charge is 0.265 e. The molecule has 2 aromatic carbocycles. The first-order chi connectivity index (χ1) is 15.1. The van der Waals surface area contributed by atoms with E-state index in [0.29, 0.717) is 36.1 Å². The molecule has 0 fully saturated rings. The summed E-state index contributed by atoms with van der Waals surface area (Å²) in [7, 11) is 0. The zero-order valence-electron chi connectivity index (χ0n) is 18.1. The molecule has 1 amide bonds. The number of aryl methyl sites for hydroxylation is 2. The molecule has 160 valence electrons. The van der Waals surface area contributed by atoms with Crippen molar-refractivity contribution in [2.24, 2.45) is 0 Å². The van der Waals surface area contributed by atoms with E-state index >= 15 is 0 Å². The molecule has 0 bridgehead atoms. The van der Waals surface area contributed by atoms with Crippen LogP contribution in [0.4, 0.5) is 0 Å². The van der Waals surface area contributed by atoms with Crippen LogP contribution in [-0.4, -0.2) is 22.0 Å². The van der Waals surface area contributed by atoms with Gasteiger partial charge in [-0.15, -0.1) is 0 Å². The lowest BCUT2D eigenvalue weighted by Gasteiger charge is -2.15. The average molecular weight is 416 g/mol. The van der Waals surface area contributed by atoms with Gasteiger partial charge in [-0.1, -0.05) is 41.5 Å². The number of nitrogens with zero attached hydrogens (tertiary/aromatic N) is 2. The van der Waals surface area contributed by atoms with Crippen molar-refractivity contribution < 1.29 is 4.79 Å². The van der Waals surface area contributed by atoms with Crippen LogP contribution in [0.2, 0.25) is 0 Å². The van der Waals surface area contributed by atoms with Crippen molar-refractivity contribution in [1.82, 2.24) is 14.9 Å². The number of carbonyl (C=O) groups is 1. The quantitative estimate of drug-likeness (QED) is 0.572. The molecule has 0 atom stereocenters. The summed E-state index contributed by atoms with van der Waals surface area (Å²) in [6.07, 6.45) is 8.79. The van der Waals surface area contributed by atoms with Gasteiger partial charge in [-0.25, -0.2) is 4.98 Å². The summed E-state index contributed by atoms with van der Waals surface area (Å²) < 4.78 is 1.64. The number of benzene rings is 2. The van der Waals surface area contributed by atoms with Gasteiger partial charge in [-0.3, -0.25) is 14.2 Å². The lowest BCUT2D eigenvalue weighted by molar-refractivity contribution is -0.121. The number of aromatic nitrogens is 2. The van der Waals surface area contributed by atoms with E-state index in [1.54, 1.807) is 10.6 Å². The predicted molar refractivity (Wildman–Crippen MR) is 125 cm³/mol. The van der Waals surface area contributed by atoms with Crippen molar-refractivity contribution in [2.45, 2.75) is 51.9 Å². The maximum absolute atomic E-state index is 13.2. The molecule has 1 aromatic heterocycles. The molecule has 5 heteroatoms. The molecule has 4 rings (SSSR count). The number of fused-ring (bicyclic) bond motifs is 1. The molecule has 1 aliphatic carbocycles. The topological polar surface area (TPSA) is 64.0 Å². The second kappa shape index (κ2) is 9.73. The Hall–Kier alpha value is -3.21. The Labute approximate surface area is 182 Å². The monoisotopic (exact) mass is 415 g/mol. The van der Waals surface area contributed by atoms with Crippen LogP contribution in [0.5, 0.6) is 0 Å². The van der Waals surface area contributed by atoms with Crippen LogP contribution < -0.4 is 10.9 Å². The zero-order chi connectivity index (χ0) is 21.6. The fourth-order valence-electron chi connectivity index (χ4n) is 4.11. The summed E-state index contributed by atoms with van der Waals surface area (Å²) in [5, 5.41) is 3.60. The zero-order valence-corrected chi connectivity index (χ0v) is 18.1. The van der Waals surface area contributed by atoms with Gasteiger partial charge in [0.25, 0.3) is 5.56 Å². The molecule has 0 unspecified atom stereocenters. The first-order valence-corrected chi connectivity index (χ1v) is 11.1. The van der Waals surface area contributed by atoms with Gasteiger partial charge in [0.1, 0.15) is 5.82 Å². The van der Waals surface area contributed by atoms with Crippen molar-refractivity contribution in [2.75, 3.05) is 6.54 Å². The van der Waals surface area contributed by atoms with Gasteiger partial charge < -0.3 is 5.32 Å². The van der Waals surface area contributed by atoms with Crippen molar-refractivity contribution >= 4 is 16.8 Å². The summed E-state index contributed by atoms with van der Waals surface area (Å²) >= 11 is 0. The molecular weight excluding hydrogens is 386 g/mol. The first kappa shape index (κ1) is 21.0. The van der Waals surface area contributed by atoms with Crippen LogP contribution in [-0.2, 0) is 11.2 Å². The number of hydrogen-bond donors (Lipinski definition) is 1. The molecule has 31 heavy (non-hydrogen) atoms. The number of para-hydroxylation sites is 1. The van der Waals surface area contributed by atoms with Gasteiger partial charge in [-0.2, -0.15) is 0 Å². The van der Waals surface area contributed by atoms with E-state index in [2.05, 4.69) is 11.4 Å². The number of hydrogen-bond acceptors (Lipinski definition) is 3. The van der Waals surface area contributed by atoms with Gasteiger partial charge in [0.05, 0.1) is 16.6 Å². The standard InChI is InChI=1S/C26H29N3O2/c1-19-11-13-21(14-12-19)29-24(28-23-10-6-5-9-22(23)26(29)31)15-16-25(30)27-18-17-20-7-3-2-4-8-20/h5-7,9-14H,2-4,8,15-18H2,1H3,(H,27,30). The number of allylic oxidation sites excluding steroid dienone is 1. The highest BCUT2D eigenvalue weighted by Crippen LogP contribution is 2.19. The molecule has 3 aromatic rings. The number of nitrogens with one attached hydrogen (secondary N) is 1. The van der Waals surface area contributed by atoms with Crippen LogP contribution in [0, 0.1) is 6.92 Å². The fourth-order valence-corrected chi connectivity index (χ4v) is 4.11. The molecule has 0 radical (unpaired) electrons. The third-order valence-corrected chi connectivity index (χ3v) is 5.87. The number of carbonyl (C=O) groups excluding carboxylic acids is 1. The minimum Gasteiger partial charge on any atom is -0.356 e. The molecule has 0 saturated heterocycles. The Bertz CT molecular complexity index is 1160. The van der Waals surface area contributed by atoms with Gasteiger partial charge in [0.15, 0.2) is 0 Å². The van der Waals surface area contributed by atoms with E-state index in [-0.39, 0.29) is 11.5 Å². The highest BCUT2D eigenvalue weighted by Gasteiger charge is 2.14. The maximum atomic E-state index is 13.2. The van der Waals surface area contributed by atoms with Gasteiger partial charge in [0, 0.05) is 19.4 Å². The van der Waals surface area contributed by atoms with Gasteiger partial charge >= 0.3 is 0 Å². The molecule has 0 spiro atoms. The van der Waals surface area contributed by atoms with E-state index in [1.165, 1.54) is 18.4 Å². The normalized spacial score (nSPS) is 13.8. The van der Waals surface area contributed by atoms with E-state index in [9.17, 15) is 9.59 Å². The van der Waals surface area contributed by atoms with Crippen LogP contribution >= 0.6 is 0 Å². The van der Waals surface area contributed by atoms with Crippen molar-refractivity contribution in [3.8, 4) is 5.69 Å². The van der Waals surface area contributed by atoms with E-state index < -0.39 is 0 Å². The molecule has 5 nitrogen and oxygen atoms in total. The Morgan fingerprint density at radius 2 is 1.87 bits per heavy atom. The molecule has 0 saturated carbocycles. The Morgan fingerprint density at radius 3 is 2.65 bits per heavy atom.